The molecule has 0 aliphatic heterocycles. The number of aryl methyl sites for hydroxylation is 3. The summed E-state index contributed by atoms with van der Waals surface area (Å²) in [5, 5.41) is 6.01. The molecule has 50 heavy (non-hydrogen) atoms. The van der Waals surface area contributed by atoms with E-state index in [2.05, 4.69) is 171 Å². The van der Waals surface area contributed by atoms with E-state index >= 15 is 0 Å². The van der Waals surface area contributed by atoms with E-state index in [9.17, 15) is 0 Å². The first-order valence-electron chi connectivity index (χ1n) is 16.5. The number of aliphatic imine (C=N–C) groups is 1. The zero-order chi connectivity index (χ0) is 33.4. The molecule has 0 saturated carbocycles. The Morgan fingerprint density at radius 2 is 0.920 bits per heavy atom. The summed E-state index contributed by atoms with van der Waals surface area (Å²) in [7, 11) is -1.69. The maximum Gasteiger partial charge on any atom is 2.00 e. The van der Waals surface area contributed by atoms with Crippen LogP contribution in [-0.4, -0.2) is 12.1 Å². The van der Waals surface area contributed by atoms with Gasteiger partial charge in [-0.3, -0.25) is 0 Å². The molecular formula is C45H45FeNP2Pd+2. The van der Waals surface area contributed by atoms with Gasteiger partial charge in [0.1, 0.15) is 37.1 Å². The van der Waals surface area contributed by atoms with Crippen molar-refractivity contribution in [3.63, 3.8) is 0 Å². The van der Waals surface area contributed by atoms with Gasteiger partial charge in [-0.15, -0.1) is 11.6 Å². The van der Waals surface area contributed by atoms with E-state index in [0.717, 1.165) is 11.3 Å². The first kappa shape index (κ1) is 40.9. The van der Waals surface area contributed by atoms with Gasteiger partial charge in [0.2, 0.25) is 0 Å². The Morgan fingerprint density at radius 3 is 1.24 bits per heavy atom. The number of rotatable bonds is 8. The fourth-order valence-electron chi connectivity index (χ4n) is 5.79. The zero-order valence-corrected chi connectivity index (χ0v) is 33.5. The standard InChI is InChI=1S/C25H22P2.C15H16N.C5H5.Fe.Pd/c1-5-13-22(14-6-1)26(23-15-7-2-8-16-23)21-27(24-17-9-3-10-18-24)25-19-11-4-12-20-25;1-11-8-12(2)15(13(3)9-11)16-10-14-6-4-5-7-14;1-2-4-5-3-1;;/h1-20H,21H2;4-10H,1-3H3;1-5H;;/q;2*-1;;+2/p+2. The Hall–Kier alpha value is -3.49. The van der Waals surface area contributed by atoms with Crippen molar-refractivity contribution in [2.45, 2.75) is 20.8 Å². The predicted molar refractivity (Wildman–Crippen MR) is 218 cm³/mol. The molecule has 0 atom stereocenters. The van der Waals surface area contributed by atoms with Crippen LogP contribution in [-0.2, 0) is 37.5 Å². The molecule has 0 saturated heterocycles. The van der Waals surface area contributed by atoms with Crippen molar-refractivity contribution in [3.8, 4) is 0 Å². The summed E-state index contributed by atoms with van der Waals surface area (Å²) >= 11 is 0. The number of hydrogen-bond donors (Lipinski definition) is 0. The summed E-state index contributed by atoms with van der Waals surface area (Å²) in [5.41, 5.74) is 6.01. The van der Waals surface area contributed by atoms with E-state index in [1.807, 2.05) is 48.7 Å². The van der Waals surface area contributed by atoms with Gasteiger partial charge in [-0.1, -0.05) is 90.5 Å². The number of hydrogen-bond acceptors (Lipinski definition) is 1. The van der Waals surface area contributed by atoms with Gasteiger partial charge in [0, 0.05) is 17.1 Å². The Bertz CT molecular complexity index is 1710. The van der Waals surface area contributed by atoms with Crippen molar-refractivity contribution in [1.29, 1.82) is 0 Å². The number of benzene rings is 5. The summed E-state index contributed by atoms with van der Waals surface area (Å²) < 4.78 is 0. The molecule has 5 heteroatoms. The van der Waals surface area contributed by atoms with Gasteiger partial charge in [-0.25, -0.2) is 12.1 Å². The molecule has 1 nitrogen and oxygen atoms in total. The largest absolute Gasteiger partial charge is 2.00 e. The molecule has 0 aliphatic carbocycles. The first-order valence-corrected chi connectivity index (χ1v) is 19.9. The van der Waals surface area contributed by atoms with Gasteiger partial charge < -0.3 is 4.99 Å². The first-order chi connectivity index (χ1) is 23.6. The molecule has 7 aromatic carbocycles. The van der Waals surface area contributed by atoms with Crippen molar-refractivity contribution < 1.29 is 37.5 Å². The van der Waals surface area contributed by atoms with Crippen molar-refractivity contribution in [1.82, 2.24) is 0 Å². The molecule has 0 aliphatic rings. The van der Waals surface area contributed by atoms with Gasteiger partial charge >= 0.3 is 20.4 Å². The molecule has 7 aromatic rings. The minimum atomic E-state index is -0.847. The third kappa shape index (κ3) is 12.7. The number of nitrogens with zero attached hydrogens (tertiary/aromatic N) is 1. The molecule has 0 unspecified atom stereocenters. The van der Waals surface area contributed by atoms with E-state index in [1.54, 1.807) is 0 Å². The molecule has 0 bridgehead atoms. The molecule has 7 rings (SSSR count). The van der Waals surface area contributed by atoms with E-state index in [0.29, 0.717) is 0 Å². The molecule has 0 spiro atoms. The van der Waals surface area contributed by atoms with E-state index < -0.39 is 15.8 Å². The third-order valence-electron chi connectivity index (χ3n) is 8.06. The van der Waals surface area contributed by atoms with Crippen LogP contribution in [0.1, 0.15) is 22.3 Å². The summed E-state index contributed by atoms with van der Waals surface area (Å²) in [4.78, 5) is 4.56. The van der Waals surface area contributed by atoms with Crippen LogP contribution in [0.25, 0.3) is 0 Å². The van der Waals surface area contributed by atoms with Gasteiger partial charge in [-0.2, -0.15) is 36.4 Å². The second-order valence-electron chi connectivity index (χ2n) is 11.8. The molecular weight excluding hydrogens is 779 g/mol. The zero-order valence-electron chi connectivity index (χ0n) is 28.8. The molecule has 256 valence electrons. The van der Waals surface area contributed by atoms with Gasteiger partial charge in [0.15, 0.2) is 5.90 Å². The van der Waals surface area contributed by atoms with E-state index in [1.165, 1.54) is 43.8 Å². The van der Waals surface area contributed by atoms with Crippen molar-refractivity contribution >= 4 is 49.0 Å². The monoisotopic (exact) mass is 823 g/mol. The average Bonchev–Trinajstić information content (AvgIpc) is 3.89. The molecule has 0 aromatic heterocycles. The van der Waals surface area contributed by atoms with E-state index in [-0.39, 0.29) is 37.5 Å². The van der Waals surface area contributed by atoms with Gasteiger partial charge in [0.05, 0.1) is 5.69 Å². The van der Waals surface area contributed by atoms with Crippen LogP contribution in [0.3, 0.4) is 0 Å². The summed E-state index contributed by atoms with van der Waals surface area (Å²) in [5.74, 6) is 1.25. The summed E-state index contributed by atoms with van der Waals surface area (Å²) in [6, 6.07) is 67.0. The van der Waals surface area contributed by atoms with Crippen LogP contribution >= 0.6 is 15.8 Å². The fraction of sp³-hybridized carbons (Fsp3) is 0.0889. The third-order valence-corrected chi connectivity index (χ3v) is 15.0. The second kappa shape index (κ2) is 22.4. The smallest absolute Gasteiger partial charge is 0.304 e. The van der Waals surface area contributed by atoms with Crippen molar-refractivity contribution in [2.24, 2.45) is 4.99 Å². The molecule has 0 radical (unpaired) electrons. The average molecular weight is 824 g/mol. The van der Waals surface area contributed by atoms with Crippen LogP contribution < -0.4 is 21.2 Å². The Labute approximate surface area is 326 Å². The quantitative estimate of drug-likeness (QED) is 0.0627. The predicted octanol–water partition coefficient (Wildman–Crippen LogP) is 10.2. The van der Waals surface area contributed by atoms with Gasteiger partial charge in [0.25, 0.3) is 0 Å². The van der Waals surface area contributed by atoms with E-state index in [4.69, 9.17) is 0 Å². The maximum absolute atomic E-state index is 4.56. The topological polar surface area (TPSA) is 12.4 Å². The van der Waals surface area contributed by atoms with Crippen molar-refractivity contribution in [3.05, 3.63) is 210 Å². The minimum absolute atomic E-state index is 0. The molecule has 0 amide bonds. The summed E-state index contributed by atoms with van der Waals surface area (Å²) in [6.07, 6.45) is 1.92. The van der Waals surface area contributed by atoms with Crippen LogP contribution in [0.4, 0.5) is 5.69 Å². The van der Waals surface area contributed by atoms with Crippen LogP contribution in [0, 0.1) is 20.8 Å². The Kier molecular flexibility index (Phi) is 18.3. The van der Waals surface area contributed by atoms with Crippen molar-refractivity contribution in [2.75, 3.05) is 5.90 Å². The Morgan fingerprint density at radius 1 is 0.520 bits per heavy atom. The van der Waals surface area contributed by atoms with Crippen LogP contribution in [0.15, 0.2) is 193 Å². The normalized spacial score (nSPS) is 10.3. The van der Waals surface area contributed by atoms with Gasteiger partial charge in [-0.05, 0) is 86.6 Å². The molecule has 0 heterocycles. The second-order valence-corrected chi connectivity index (χ2v) is 17.4. The maximum atomic E-state index is 4.56. The minimum Gasteiger partial charge on any atom is -0.304 e. The van der Waals surface area contributed by atoms with Crippen LogP contribution in [0.5, 0.6) is 0 Å². The molecule has 0 N–H and O–H groups in total. The van der Waals surface area contributed by atoms with Crippen LogP contribution in [0.2, 0.25) is 0 Å². The molecule has 0 fully saturated rings. The Balaban J connectivity index is 0.000000249. The SMILES string of the molecule is Cc1cc(C)c(N=Cc2ccc[cH-]2)c(C)c1.[Fe].[Pd+2].c1cc[cH-]c1.c1ccc([PH+](C[PH+](c2ccccc2)c2ccccc2)c2ccccc2)cc1. The fourth-order valence-corrected chi connectivity index (χ4v) is 13.5. The summed E-state index contributed by atoms with van der Waals surface area (Å²) in [6.45, 7) is 6.33.